The van der Waals surface area contributed by atoms with Gasteiger partial charge in [-0.1, -0.05) is 22.9 Å². The smallest absolute Gasteiger partial charge is 0.248 e. The monoisotopic (exact) mass is 309 g/mol. The lowest BCUT2D eigenvalue weighted by Gasteiger charge is -2.09. The first-order valence-electron chi connectivity index (χ1n) is 4.52. The summed E-state index contributed by atoms with van der Waals surface area (Å²) in [5.74, 6) is 0. The van der Waals surface area contributed by atoms with Crippen LogP contribution in [0, 0.1) is 0 Å². The van der Waals surface area contributed by atoms with Crippen LogP contribution < -0.4 is 4.72 Å². The summed E-state index contributed by atoms with van der Waals surface area (Å²) in [5, 5.41) is 2.51. The molecule has 0 fully saturated rings. The number of halogens is 1. The Labute approximate surface area is 112 Å². The second-order valence-electron chi connectivity index (χ2n) is 3.15. The minimum absolute atomic E-state index is 0.103. The maximum absolute atomic E-state index is 11.9. The largest absolute Gasteiger partial charge is 0.252 e. The van der Waals surface area contributed by atoms with E-state index in [0.29, 0.717) is 5.01 Å². The SMILES string of the molecule is CC(NS(=O)(=O)c1cnc(Cl)s1)c1nccs1. The molecular formula is C8H8ClN3O2S3. The van der Waals surface area contributed by atoms with Crippen molar-refractivity contribution < 1.29 is 8.42 Å². The van der Waals surface area contributed by atoms with E-state index in [1.165, 1.54) is 17.5 Å². The summed E-state index contributed by atoms with van der Waals surface area (Å²) in [7, 11) is -3.58. The topological polar surface area (TPSA) is 72.0 Å². The van der Waals surface area contributed by atoms with Crippen molar-refractivity contribution in [3.63, 3.8) is 0 Å². The third kappa shape index (κ3) is 3.02. The van der Waals surface area contributed by atoms with Gasteiger partial charge < -0.3 is 0 Å². The van der Waals surface area contributed by atoms with Gasteiger partial charge in [0.15, 0.2) is 8.68 Å². The Bertz CT molecular complexity index is 593. The predicted molar refractivity (Wildman–Crippen MR) is 68.0 cm³/mol. The average Bonchev–Trinajstić information content (AvgIpc) is 2.86. The van der Waals surface area contributed by atoms with Gasteiger partial charge in [0, 0.05) is 11.6 Å². The second-order valence-corrected chi connectivity index (χ2v) is 7.63. The normalized spacial score (nSPS) is 13.8. The molecule has 0 bridgehead atoms. The Morgan fingerprint density at radius 1 is 1.47 bits per heavy atom. The first kappa shape index (κ1) is 12.9. The first-order chi connectivity index (χ1) is 7.99. The summed E-state index contributed by atoms with van der Waals surface area (Å²) < 4.78 is 26.7. The average molecular weight is 310 g/mol. The Morgan fingerprint density at radius 3 is 2.76 bits per heavy atom. The van der Waals surface area contributed by atoms with Crippen LogP contribution in [0.25, 0.3) is 0 Å². The molecule has 0 amide bonds. The van der Waals surface area contributed by atoms with Crippen LogP contribution in [0.1, 0.15) is 18.0 Å². The fourth-order valence-corrected chi connectivity index (χ4v) is 4.39. The Hall–Kier alpha value is -0.540. The molecule has 0 radical (unpaired) electrons. The van der Waals surface area contributed by atoms with E-state index < -0.39 is 10.0 Å². The maximum Gasteiger partial charge on any atom is 0.252 e. The number of hydrogen-bond acceptors (Lipinski definition) is 6. The van der Waals surface area contributed by atoms with Crippen LogP contribution in [-0.2, 0) is 10.0 Å². The van der Waals surface area contributed by atoms with Gasteiger partial charge in [0.2, 0.25) is 0 Å². The molecule has 5 nitrogen and oxygen atoms in total. The van der Waals surface area contributed by atoms with E-state index in [9.17, 15) is 8.42 Å². The Morgan fingerprint density at radius 2 is 2.24 bits per heavy atom. The fourth-order valence-electron chi connectivity index (χ4n) is 1.15. The zero-order chi connectivity index (χ0) is 12.5. The Kier molecular flexibility index (Phi) is 3.79. The van der Waals surface area contributed by atoms with Crippen LogP contribution in [0.5, 0.6) is 0 Å². The summed E-state index contributed by atoms with van der Waals surface area (Å²) in [6, 6.07) is -0.374. The number of nitrogens with one attached hydrogen (secondary N) is 1. The summed E-state index contributed by atoms with van der Waals surface area (Å²) in [4.78, 5) is 7.76. The lowest BCUT2D eigenvalue weighted by atomic mass is 10.4. The van der Waals surface area contributed by atoms with Crippen molar-refractivity contribution in [2.24, 2.45) is 0 Å². The van der Waals surface area contributed by atoms with Gasteiger partial charge in [-0.15, -0.1) is 11.3 Å². The molecule has 0 spiro atoms. The highest BCUT2D eigenvalue weighted by Crippen LogP contribution is 2.24. The molecule has 0 aliphatic rings. The molecule has 0 saturated carbocycles. The fraction of sp³-hybridized carbons (Fsp3) is 0.250. The van der Waals surface area contributed by atoms with Gasteiger partial charge in [0.1, 0.15) is 5.01 Å². The molecular weight excluding hydrogens is 302 g/mol. The van der Waals surface area contributed by atoms with Crippen molar-refractivity contribution in [1.82, 2.24) is 14.7 Å². The highest BCUT2D eigenvalue weighted by molar-refractivity contribution is 7.91. The van der Waals surface area contributed by atoms with Crippen molar-refractivity contribution in [3.05, 3.63) is 27.2 Å². The van der Waals surface area contributed by atoms with E-state index >= 15 is 0 Å². The molecule has 17 heavy (non-hydrogen) atoms. The van der Waals surface area contributed by atoms with Crippen LogP contribution in [0.15, 0.2) is 22.0 Å². The number of nitrogens with zero attached hydrogens (tertiary/aromatic N) is 2. The molecule has 9 heteroatoms. The molecule has 0 aliphatic carbocycles. The minimum atomic E-state index is -3.58. The van der Waals surface area contributed by atoms with Gasteiger partial charge in [-0.25, -0.2) is 23.1 Å². The predicted octanol–water partition coefficient (Wildman–Crippen LogP) is 2.29. The molecule has 0 aromatic carbocycles. The Balaban J connectivity index is 2.18. The van der Waals surface area contributed by atoms with E-state index in [1.54, 1.807) is 18.5 Å². The number of hydrogen-bond donors (Lipinski definition) is 1. The van der Waals surface area contributed by atoms with E-state index in [2.05, 4.69) is 14.7 Å². The number of rotatable bonds is 4. The number of thiazole rings is 2. The lowest BCUT2D eigenvalue weighted by Crippen LogP contribution is -2.26. The van der Waals surface area contributed by atoms with Crippen LogP contribution in [0.2, 0.25) is 4.47 Å². The van der Waals surface area contributed by atoms with Crippen molar-refractivity contribution >= 4 is 44.3 Å². The first-order valence-corrected chi connectivity index (χ1v) is 8.08. The van der Waals surface area contributed by atoms with Crippen LogP contribution in [0.3, 0.4) is 0 Å². The van der Waals surface area contributed by atoms with Crippen LogP contribution in [-0.4, -0.2) is 18.4 Å². The van der Waals surface area contributed by atoms with E-state index in [0.717, 1.165) is 11.3 Å². The standard InChI is InChI=1S/C8H8ClN3O2S3/c1-5(7-10-2-3-15-7)12-17(13,14)6-4-11-8(9)16-6/h2-5,12H,1H3. The van der Waals surface area contributed by atoms with Crippen molar-refractivity contribution in [2.75, 3.05) is 0 Å². The van der Waals surface area contributed by atoms with Gasteiger partial charge >= 0.3 is 0 Å². The van der Waals surface area contributed by atoms with Gasteiger partial charge in [0.05, 0.1) is 12.2 Å². The molecule has 0 saturated heterocycles. The molecule has 0 aliphatic heterocycles. The molecule has 1 unspecified atom stereocenters. The highest BCUT2D eigenvalue weighted by Gasteiger charge is 2.21. The van der Waals surface area contributed by atoms with Crippen molar-refractivity contribution in [1.29, 1.82) is 0 Å². The number of sulfonamides is 1. The molecule has 2 heterocycles. The zero-order valence-electron chi connectivity index (χ0n) is 8.62. The number of aromatic nitrogens is 2. The molecule has 1 N–H and O–H groups in total. The van der Waals surface area contributed by atoms with Gasteiger partial charge in [0.25, 0.3) is 10.0 Å². The minimum Gasteiger partial charge on any atom is -0.248 e. The van der Waals surface area contributed by atoms with Crippen molar-refractivity contribution in [3.8, 4) is 0 Å². The van der Waals surface area contributed by atoms with E-state index in [4.69, 9.17) is 11.6 Å². The van der Waals surface area contributed by atoms with Gasteiger partial charge in [-0.3, -0.25) is 0 Å². The summed E-state index contributed by atoms with van der Waals surface area (Å²) >= 11 is 7.92. The van der Waals surface area contributed by atoms with Crippen molar-refractivity contribution in [2.45, 2.75) is 17.2 Å². The van der Waals surface area contributed by atoms with E-state index in [-0.39, 0.29) is 14.7 Å². The third-order valence-corrected chi connectivity index (χ3v) is 5.95. The van der Waals surface area contributed by atoms with Gasteiger partial charge in [-0.05, 0) is 6.92 Å². The molecule has 2 aromatic heterocycles. The molecule has 2 rings (SSSR count). The van der Waals surface area contributed by atoms with Crippen LogP contribution >= 0.6 is 34.3 Å². The molecule has 92 valence electrons. The lowest BCUT2D eigenvalue weighted by molar-refractivity contribution is 0.568. The molecule has 2 aromatic rings. The summed E-state index contributed by atoms with van der Waals surface area (Å²) in [6.07, 6.45) is 2.87. The quantitative estimate of drug-likeness (QED) is 0.940. The third-order valence-electron chi connectivity index (χ3n) is 1.87. The zero-order valence-corrected chi connectivity index (χ0v) is 11.8. The molecule has 1 atom stereocenters. The van der Waals surface area contributed by atoms with E-state index in [1.807, 2.05) is 0 Å². The second kappa shape index (κ2) is 4.99. The maximum atomic E-state index is 11.9. The van der Waals surface area contributed by atoms with Gasteiger partial charge in [-0.2, -0.15) is 0 Å². The summed E-state index contributed by atoms with van der Waals surface area (Å²) in [5.41, 5.74) is 0. The van der Waals surface area contributed by atoms with Crippen LogP contribution in [0.4, 0.5) is 0 Å². The summed E-state index contributed by atoms with van der Waals surface area (Å²) in [6.45, 7) is 1.74. The highest BCUT2D eigenvalue weighted by atomic mass is 35.5.